The topological polar surface area (TPSA) is 0 Å². The van der Waals surface area contributed by atoms with E-state index in [1.54, 1.807) is 0 Å². The maximum atomic E-state index is 12.7. The third-order valence-corrected chi connectivity index (χ3v) is 1.73. The molecule has 0 rings (SSSR count). The van der Waals surface area contributed by atoms with E-state index >= 15 is 0 Å². The standard InChI is InChI=1S/C8H7F9/c1-4(2)3-5(9,10)6(11,12)7(13,14)8(15,16)17/h1,3H2,2H3. The molecule has 102 valence electrons. The highest BCUT2D eigenvalue weighted by Crippen LogP contribution is 2.54. The molecule has 0 heterocycles. The minimum atomic E-state index is -6.82. The van der Waals surface area contributed by atoms with Crippen LogP contribution in [0.15, 0.2) is 12.2 Å². The second kappa shape index (κ2) is 4.09. The summed E-state index contributed by atoms with van der Waals surface area (Å²) in [5, 5.41) is 0. The van der Waals surface area contributed by atoms with Gasteiger partial charge in [-0.3, -0.25) is 0 Å². The highest BCUT2D eigenvalue weighted by molar-refractivity contribution is 5.06. The second-order valence-electron chi connectivity index (χ2n) is 3.48. The van der Waals surface area contributed by atoms with Crippen LogP contribution in [0, 0.1) is 0 Å². The molecule has 0 atom stereocenters. The Morgan fingerprint density at radius 2 is 1.18 bits per heavy atom. The van der Waals surface area contributed by atoms with Crippen molar-refractivity contribution >= 4 is 0 Å². The van der Waals surface area contributed by atoms with Crippen LogP contribution in [0.2, 0.25) is 0 Å². The molecule has 0 N–H and O–H groups in total. The lowest BCUT2D eigenvalue weighted by Gasteiger charge is -2.33. The van der Waals surface area contributed by atoms with Crippen LogP contribution in [-0.4, -0.2) is 23.9 Å². The first-order valence-electron chi connectivity index (χ1n) is 4.01. The van der Waals surface area contributed by atoms with Gasteiger partial charge in [0.2, 0.25) is 0 Å². The van der Waals surface area contributed by atoms with E-state index in [9.17, 15) is 39.5 Å². The lowest BCUT2D eigenvalue weighted by atomic mass is 9.98. The molecule has 0 aliphatic heterocycles. The summed E-state index contributed by atoms with van der Waals surface area (Å²) >= 11 is 0. The van der Waals surface area contributed by atoms with E-state index in [0.29, 0.717) is 0 Å². The Balaban J connectivity index is 5.47. The lowest BCUT2D eigenvalue weighted by Crippen LogP contribution is -2.60. The largest absolute Gasteiger partial charge is 0.460 e. The van der Waals surface area contributed by atoms with Crippen LogP contribution in [0.1, 0.15) is 13.3 Å². The predicted octanol–water partition coefficient (Wildman–Crippen LogP) is 4.42. The maximum Gasteiger partial charge on any atom is 0.460 e. The maximum absolute atomic E-state index is 12.7. The fourth-order valence-electron chi connectivity index (χ4n) is 0.898. The van der Waals surface area contributed by atoms with Crippen LogP contribution in [0.25, 0.3) is 0 Å². The van der Waals surface area contributed by atoms with Gasteiger partial charge in [-0.05, 0) is 6.92 Å². The Morgan fingerprint density at radius 3 is 1.41 bits per heavy atom. The van der Waals surface area contributed by atoms with Gasteiger partial charge in [-0.1, -0.05) is 12.2 Å². The summed E-state index contributed by atoms with van der Waals surface area (Å²) in [5.41, 5.74) is -0.646. The third kappa shape index (κ3) is 2.68. The van der Waals surface area contributed by atoms with E-state index in [4.69, 9.17) is 0 Å². The Morgan fingerprint density at radius 1 is 0.824 bits per heavy atom. The van der Waals surface area contributed by atoms with Crippen LogP contribution in [0.5, 0.6) is 0 Å². The predicted molar refractivity (Wildman–Crippen MR) is 40.3 cm³/mol. The molecule has 17 heavy (non-hydrogen) atoms. The summed E-state index contributed by atoms with van der Waals surface area (Å²) in [6.45, 7) is 3.56. The van der Waals surface area contributed by atoms with Crippen LogP contribution in [-0.2, 0) is 0 Å². The van der Waals surface area contributed by atoms with Crippen molar-refractivity contribution in [1.82, 2.24) is 0 Å². The van der Waals surface area contributed by atoms with Crippen molar-refractivity contribution in [3.05, 3.63) is 12.2 Å². The molecule has 0 spiro atoms. The second-order valence-corrected chi connectivity index (χ2v) is 3.48. The molecule has 9 heteroatoms. The van der Waals surface area contributed by atoms with E-state index in [0.717, 1.165) is 6.92 Å². The van der Waals surface area contributed by atoms with Gasteiger partial charge >= 0.3 is 23.9 Å². The van der Waals surface area contributed by atoms with Gasteiger partial charge in [-0.25, -0.2) is 0 Å². The molecule has 0 nitrogen and oxygen atoms in total. The molecule has 0 amide bonds. The van der Waals surface area contributed by atoms with Gasteiger partial charge in [0.05, 0.1) is 0 Å². The number of allylic oxidation sites excluding steroid dienone is 1. The molecule has 0 saturated heterocycles. The number of hydrogen-bond donors (Lipinski definition) is 0. The van der Waals surface area contributed by atoms with Crippen LogP contribution >= 0.6 is 0 Å². The van der Waals surface area contributed by atoms with Crippen molar-refractivity contribution in [3.63, 3.8) is 0 Å². The molecule has 0 aliphatic rings. The Bertz CT molecular complexity index is 299. The molecule has 0 unspecified atom stereocenters. The van der Waals surface area contributed by atoms with Crippen molar-refractivity contribution in [1.29, 1.82) is 0 Å². The summed E-state index contributed by atoms with van der Waals surface area (Å²) in [4.78, 5) is 0. The van der Waals surface area contributed by atoms with Crippen molar-refractivity contribution in [2.24, 2.45) is 0 Å². The first kappa shape index (κ1) is 16.1. The van der Waals surface area contributed by atoms with Crippen molar-refractivity contribution < 1.29 is 39.5 Å². The highest BCUT2D eigenvalue weighted by Gasteiger charge is 2.81. The van der Waals surface area contributed by atoms with Gasteiger partial charge in [-0.15, -0.1) is 0 Å². The summed E-state index contributed by atoms with van der Waals surface area (Å²) in [6, 6.07) is 0. The average Bonchev–Trinajstić information content (AvgIpc) is 1.98. The molecule has 0 aromatic carbocycles. The molecule has 0 aliphatic carbocycles. The smallest absolute Gasteiger partial charge is 0.199 e. The van der Waals surface area contributed by atoms with E-state index in [2.05, 4.69) is 6.58 Å². The zero-order chi connectivity index (χ0) is 14.3. The molecular formula is C8H7F9. The minimum Gasteiger partial charge on any atom is -0.199 e. The quantitative estimate of drug-likeness (QED) is 0.526. The molecule has 0 aromatic rings. The van der Waals surface area contributed by atoms with Gasteiger partial charge in [0.25, 0.3) is 0 Å². The Kier molecular flexibility index (Phi) is 3.88. The van der Waals surface area contributed by atoms with Crippen molar-refractivity contribution in [2.45, 2.75) is 37.3 Å². The average molecular weight is 274 g/mol. The van der Waals surface area contributed by atoms with Crippen LogP contribution < -0.4 is 0 Å². The normalized spacial score (nSPS) is 14.9. The van der Waals surface area contributed by atoms with Crippen molar-refractivity contribution in [3.8, 4) is 0 Å². The first-order valence-corrected chi connectivity index (χ1v) is 4.01. The summed E-state index contributed by atoms with van der Waals surface area (Å²) in [7, 11) is 0. The molecule has 0 radical (unpaired) electrons. The van der Waals surface area contributed by atoms with E-state index in [1.165, 1.54) is 0 Å². The fourth-order valence-corrected chi connectivity index (χ4v) is 0.898. The minimum absolute atomic E-state index is 0.646. The molecule has 0 fully saturated rings. The van der Waals surface area contributed by atoms with E-state index in [1.807, 2.05) is 0 Å². The van der Waals surface area contributed by atoms with Gasteiger partial charge in [0, 0.05) is 6.42 Å². The molecular weight excluding hydrogens is 267 g/mol. The van der Waals surface area contributed by atoms with Crippen LogP contribution in [0.4, 0.5) is 39.5 Å². The number of rotatable bonds is 4. The highest BCUT2D eigenvalue weighted by atomic mass is 19.4. The Labute approximate surface area is 90.1 Å². The van der Waals surface area contributed by atoms with Crippen molar-refractivity contribution in [2.75, 3.05) is 0 Å². The number of halogens is 9. The summed E-state index contributed by atoms with van der Waals surface area (Å²) < 4.78 is 110. The third-order valence-electron chi connectivity index (χ3n) is 1.73. The van der Waals surface area contributed by atoms with E-state index in [-0.39, 0.29) is 0 Å². The molecule has 0 bridgehead atoms. The number of hydrogen-bond acceptors (Lipinski definition) is 0. The fraction of sp³-hybridized carbons (Fsp3) is 0.750. The summed E-state index contributed by atoms with van der Waals surface area (Å²) in [5.74, 6) is -18.9. The van der Waals surface area contributed by atoms with Gasteiger partial charge in [0.1, 0.15) is 0 Å². The first-order chi connectivity index (χ1) is 7.17. The zero-order valence-corrected chi connectivity index (χ0v) is 8.32. The molecule has 0 aromatic heterocycles. The Hall–Kier alpha value is -0.890. The lowest BCUT2D eigenvalue weighted by molar-refractivity contribution is -0.395. The summed E-state index contributed by atoms with van der Waals surface area (Å²) in [6.07, 6.45) is -8.74. The molecule has 0 saturated carbocycles. The van der Waals surface area contributed by atoms with Gasteiger partial charge in [-0.2, -0.15) is 39.5 Å². The van der Waals surface area contributed by atoms with E-state index < -0.39 is 35.9 Å². The number of alkyl halides is 9. The zero-order valence-electron chi connectivity index (χ0n) is 8.32. The van der Waals surface area contributed by atoms with Crippen LogP contribution in [0.3, 0.4) is 0 Å². The van der Waals surface area contributed by atoms with Gasteiger partial charge < -0.3 is 0 Å². The van der Waals surface area contributed by atoms with Gasteiger partial charge in [0.15, 0.2) is 0 Å². The SMILES string of the molecule is C=C(C)CC(F)(F)C(F)(F)C(F)(F)C(F)(F)F. The monoisotopic (exact) mass is 274 g/mol.